The van der Waals surface area contributed by atoms with Crippen LogP contribution in [-0.4, -0.2) is 39.1 Å². The van der Waals surface area contributed by atoms with E-state index in [0.29, 0.717) is 22.9 Å². The zero-order chi connectivity index (χ0) is 21.1. The topological polar surface area (TPSA) is 85.7 Å². The lowest BCUT2D eigenvalue weighted by Gasteiger charge is -2.32. The number of amides is 1. The number of hydrogen-bond acceptors (Lipinski definition) is 4. The molecule has 0 spiro atoms. The van der Waals surface area contributed by atoms with E-state index in [1.807, 2.05) is 61.2 Å². The van der Waals surface area contributed by atoms with E-state index in [1.54, 1.807) is 0 Å². The van der Waals surface area contributed by atoms with Crippen LogP contribution in [0.25, 0.3) is 11.4 Å². The molecule has 1 saturated heterocycles. The van der Waals surface area contributed by atoms with E-state index in [-0.39, 0.29) is 7.33 Å². The van der Waals surface area contributed by atoms with Crippen LogP contribution in [0.4, 0.5) is 0 Å². The molecule has 0 unspecified atom stereocenters. The standard InChI is InChI=1S/C24H25N5O.H2/c1-3-22-26-23(28-27-22)21-14-20(7-4-16(21)2)24(30)29-12-10-19(11-13-29)18-8-5-17(15-25)6-9-18;/h4-9,14,19H,3,10-13H2,1-2H3,(H,26,27,28);1H. The Morgan fingerprint density at radius 2 is 1.97 bits per heavy atom. The smallest absolute Gasteiger partial charge is 0.253 e. The van der Waals surface area contributed by atoms with Crippen molar-refractivity contribution in [3.63, 3.8) is 0 Å². The first-order chi connectivity index (χ1) is 14.6. The summed E-state index contributed by atoms with van der Waals surface area (Å²) in [6.45, 7) is 5.49. The maximum Gasteiger partial charge on any atom is 0.253 e. The first kappa shape index (κ1) is 19.8. The van der Waals surface area contributed by atoms with Crippen LogP contribution in [0.15, 0.2) is 42.5 Å². The van der Waals surface area contributed by atoms with Crippen LogP contribution in [0.3, 0.4) is 0 Å². The predicted octanol–water partition coefficient (Wildman–Crippen LogP) is 4.48. The number of aryl methyl sites for hydroxylation is 2. The van der Waals surface area contributed by atoms with Crippen LogP contribution in [0, 0.1) is 18.3 Å². The van der Waals surface area contributed by atoms with E-state index >= 15 is 0 Å². The summed E-state index contributed by atoms with van der Waals surface area (Å²) in [7, 11) is 0. The molecule has 6 nitrogen and oxygen atoms in total. The Morgan fingerprint density at radius 3 is 2.60 bits per heavy atom. The SMILES string of the molecule is CCc1nc(-c2cc(C(=O)N3CCC(c4ccc(C#N)cc4)CC3)ccc2C)n[nH]1.[HH]. The fourth-order valence-corrected chi connectivity index (χ4v) is 4.00. The first-order valence-corrected chi connectivity index (χ1v) is 10.4. The summed E-state index contributed by atoms with van der Waals surface area (Å²) in [5.41, 5.74) is 4.54. The van der Waals surface area contributed by atoms with Gasteiger partial charge in [-0.2, -0.15) is 10.4 Å². The van der Waals surface area contributed by atoms with Crippen molar-refractivity contribution in [2.75, 3.05) is 13.1 Å². The van der Waals surface area contributed by atoms with Crippen LogP contribution >= 0.6 is 0 Å². The monoisotopic (exact) mass is 401 g/mol. The minimum absolute atomic E-state index is 0. The molecular weight excluding hydrogens is 374 g/mol. The van der Waals surface area contributed by atoms with Gasteiger partial charge in [0.2, 0.25) is 0 Å². The lowest BCUT2D eigenvalue weighted by atomic mass is 9.89. The Hall–Kier alpha value is -3.46. The molecule has 3 aromatic rings. The summed E-state index contributed by atoms with van der Waals surface area (Å²) in [4.78, 5) is 19.6. The average Bonchev–Trinajstić information content (AvgIpc) is 3.28. The third kappa shape index (κ3) is 3.97. The largest absolute Gasteiger partial charge is 0.339 e. The van der Waals surface area contributed by atoms with E-state index in [4.69, 9.17) is 5.26 Å². The van der Waals surface area contributed by atoms with Gasteiger partial charge in [-0.05, 0) is 61.1 Å². The van der Waals surface area contributed by atoms with Crippen molar-refractivity contribution in [1.82, 2.24) is 20.1 Å². The number of benzene rings is 2. The Morgan fingerprint density at radius 1 is 1.23 bits per heavy atom. The summed E-state index contributed by atoms with van der Waals surface area (Å²) in [6.07, 6.45) is 2.65. The summed E-state index contributed by atoms with van der Waals surface area (Å²) in [6, 6.07) is 15.7. The summed E-state index contributed by atoms with van der Waals surface area (Å²) in [5, 5.41) is 16.2. The van der Waals surface area contributed by atoms with Gasteiger partial charge in [0.25, 0.3) is 5.91 Å². The van der Waals surface area contributed by atoms with Gasteiger partial charge in [-0.1, -0.05) is 25.1 Å². The molecule has 1 aliphatic heterocycles. The number of carbonyl (C=O) groups is 1. The zero-order valence-corrected chi connectivity index (χ0v) is 17.4. The maximum atomic E-state index is 13.1. The Bertz CT molecular complexity index is 1090. The third-order valence-electron chi connectivity index (χ3n) is 5.89. The number of aromatic nitrogens is 3. The van der Waals surface area contributed by atoms with E-state index in [0.717, 1.165) is 49.3 Å². The zero-order valence-electron chi connectivity index (χ0n) is 17.4. The second-order valence-electron chi connectivity index (χ2n) is 7.79. The molecule has 1 fully saturated rings. The van der Waals surface area contributed by atoms with Gasteiger partial charge >= 0.3 is 0 Å². The fourth-order valence-electron chi connectivity index (χ4n) is 4.00. The lowest BCUT2D eigenvalue weighted by Crippen LogP contribution is -2.37. The van der Waals surface area contributed by atoms with Gasteiger partial charge < -0.3 is 4.90 Å². The fraction of sp³-hybridized carbons (Fsp3) is 0.333. The molecular formula is C24H27N5O. The molecule has 0 bridgehead atoms. The Labute approximate surface area is 178 Å². The van der Waals surface area contributed by atoms with Crippen molar-refractivity contribution in [3.05, 3.63) is 70.5 Å². The summed E-state index contributed by atoms with van der Waals surface area (Å²) >= 11 is 0. The van der Waals surface area contributed by atoms with Gasteiger partial charge in [0.15, 0.2) is 5.82 Å². The molecule has 30 heavy (non-hydrogen) atoms. The highest BCUT2D eigenvalue weighted by atomic mass is 16.2. The number of nitrogens with one attached hydrogen (secondary N) is 1. The van der Waals surface area contributed by atoms with Crippen LogP contribution in [0.1, 0.15) is 60.0 Å². The molecule has 1 N–H and O–H groups in total. The maximum absolute atomic E-state index is 13.1. The number of carbonyl (C=O) groups excluding carboxylic acids is 1. The number of rotatable bonds is 4. The van der Waals surface area contributed by atoms with Gasteiger partial charge in [0.1, 0.15) is 5.82 Å². The van der Waals surface area contributed by atoms with E-state index in [1.165, 1.54) is 5.56 Å². The number of hydrogen-bond donors (Lipinski definition) is 1. The first-order valence-electron chi connectivity index (χ1n) is 10.4. The molecule has 6 heteroatoms. The molecule has 1 aliphatic rings. The molecule has 1 aromatic heterocycles. The number of nitriles is 1. The van der Waals surface area contributed by atoms with E-state index < -0.39 is 0 Å². The molecule has 0 aliphatic carbocycles. The van der Waals surface area contributed by atoms with Crippen LogP contribution in [0.2, 0.25) is 0 Å². The van der Waals surface area contributed by atoms with Crippen molar-refractivity contribution in [2.45, 2.75) is 39.0 Å². The van der Waals surface area contributed by atoms with E-state index in [9.17, 15) is 4.79 Å². The molecule has 2 heterocycles. The van der Waals surface area contributed by atoms with Gasteiger partial charge in [-0.25, -0.2) is 4.98 Å². The number of H-pyrrole nitrogens is 1. The van der Waals surface area contributed by atoms with Crippen molar-refractivity contribution in [2.24, 2.45) is 0 Å². The summed E-state index contributed by atoms with van der Waals surface area (Å²) in [5.74, 6) is 1.96. The highest BCUT2D eigenvalue weighted by Gasteiger charge is 2.25. The molecule has 2 aromatic carbocycles. The highest BCUT2D eigenvalue weighted by molar-refractivity contribution is 5.95. The normalized spacial score (nSPS) is 14.5. The van der Waals surface area contributed by atoms with Crippen molar-refractivity contribution < 1.29 is 6.22 Å². The molecule has 154 valence electrons. The number of aromatic amines is 1. The average molecular weight is 402 g/mol. The molecule has 4 rings (SSSR count). The Kier molecular flexibility index (Phi) is 5.62. The Balaban J connectivity index is 0.00000272. The second-order valence-corrected chi connectivity index (χ2v) is 7.79. The predicted molar refractivity (Wildman–Crippen MR) is 117 cm³/mol. The third-order valence-corrected chi connectivity index (χ3v) is 5.89. The minimum Gasteiger partial charge on any atom is -0.339 e. The van der Waals surface area contributed by atoms with Gasteiger partial charge in [-0.3, -0.25) is 9.89 Å². The quantitative estimate of drug-likeness (QED) is 0.698. The van der Waals surface area contributed by atoms with Gasteiger partial charge in [0, 0.05) is 32.1 Å². The van der Waals surface area contributed by atoms with Crippen molar-refractivity contribution in [3.8, 4) is 17.5 Å². The molecule has 0 radical (unpaired) electrons. The minimum atomic E-state index is 0. The lowest BCUT2D eigenvalue weighted by molar-refractivity contribution is 0.0713. The van der Waals surface area contributed by atoms with Crippen molar-refractivity contribution >= 4 is 5.91 Å². The molecule has 1 amide bonds. The second kappa shape index (κ2) is 8.50. The van der Waals surface area contributed by atoms with Gasteiger partial charge in [-0.15, -0.1) is 0 Å². The van der Waals surface area contributed by atoms with Crippen LogP contribution < -0.4 is 0 Å². The molecule has 0 atom stereocenters. The number of nitrogens with zero attached hydrogens (tertiary/aromatic N) is 4. The van der Waals surface area contributed by atoms with Gasteiger partial charge in [0.05, 0.1) is 11.6 Å². The summed E-state index contributed by atoms with van der Waals surface area (Å²) < 4.78 is 0. The van der Waals surface area contributed by atoms with E-state index in [2.05, 4.69) is 21.3 Å². The highest BCUT2D eigenvalue weighted by Crippen LogP contribution is 2.29. The van der Waals surface area contributed by atoms with Crippen LogP contribution in [-0.2, 0) is 6.42 Å². The molecule has 0 saturated carbocycles. The number of likely N-dealkylation sites (tertiary alicyclic amines) is 1. The van der Waals surface area contributed by atoms with Crippen LogP contribution in [0.5, 0.6) is 0 Å². The number of piperidine rings is 1. The van der Waals surface area contributed by atoms with Crippen molar-refractivity contribution in [1.29, 1.82) is 5.26 Å².